The van der Waals surface area contributed by atoms with Gasteiger partial charge in [-0.2, -0.15) is 0 Å². The van der Waals surface area contributed by atoms with E-state index in [1.54, 1.807) is 64.4 Å². The molecule has 2 rings (SSSR count). The Bertz CT molecular complexity index is 930. The van der Waals surface area contributed by atoms with E-state index in [1.807, 2.05) is 13.0 Å². The van der Waals surface area contributed by atoms with Gasteiger partial charge in [-0.25, -0.2) is 4.98 Å². The summed E-state index contributed by atoms with van der Waals surface area (Å²) in [5, 5.41) is 5.47. The van der Waals surface area contributed by atoms with E-state index in [4.69, 9.17) is 9.47 Å². The van der Waals surface area contributed by atoms with Crippen molar-refractivity contribution in [3.05, 3.63) is 53.4 Å². The molecule has 154 valence electrons. The van der Waals surface area contributed by atoms with Crippen LogP contribution in [0.4, 0.5) is 5.82 Å². The number of hydrogen-bond acceptors (Lipinski definition) is 5. The number of nitrogens with zero attached hydrogens (tertiary/aromatic N) is 1. The number of amides is 2. The quantitative estimate of drug-likeness (QED) is 0.728. The molecule has 0 aliphatic heterocycles. The van der Waals surface area contributed by atoms with Crippen molar-refractivity contribution in [2.24, 2.45) is 5.41 Å². The monoisotopic (exact) mass is 397 g/mol. The molecule has 0 radical (unpaired) electrons. The fraction of sp³-hybridized carbons (Fsp3) is 0.318. The lowest BCUT2D eigenvalue weighted by atomic mass is 9.95. The predicted molar refractivity (Wildman–Crippen MR) is 113 cm³/mol. The summed E-state index contributed by atoms with van der Waals surface area (Å²) in [7, 11) is 3.08. The average molecular weight is 397 g/mol. The fourth-order valence-electron chi connectivity index (χ4n) is 2.37. The molecule has 7 nitrogen and oxygen atoms in total. The average Bonchev–Trinajstić information content (AvgIpc) is 2.68. The molecule has 7 heteroatoms. The Hall–Kier alpha value is -3.35. The summed E-state index contributed by atoms with van der Waals surface area (Å²) >= 11 is 0. The Morgan fingerprint density at radius 1 is 1.07 bits per heavy atom. The number of hydrogen-bond donors (Lipinski definition) is 2. The highest BCUT2D eigenvalue weighted by molar-refractivity contribution is 6.09. The minimum Gasteiger partial charge on any atom is -0.493 e. The van der Waals surface area contributed by atoms with Gasteiger partial charge in [-0.05, 0) is 42.3 Å². The van der Waals surface area contributed by atoms with Crippen molar-refractivity contribution in [1.29, 1.82) is 0 Å². The first-order chi connectivity index (χ1) is 13.7. The molecule has 0 aliphatic rings. The first-order valence-electron chi connectivity index (χ1n) is 9.14. The van der Waals surface area contributed by atoms with Crippen molar-refractivity contribution in [3.63, 3.8) is 0 Å². The van der Waals surface area contributed by atoms with Gasteiger partial charge in [0.25, 0.3) is 5.91 Å². The summed E-state index contributed by atoms with van der Waals surface area (Å²) in [5.41, 5.74) is 0.910. The van der Waals surface area contributed by atoms with Gasteiger partial charge in [-0.1, -0.05) is 32.9 Å². The summed E-state index contributed by atoms with van der Waals surface area (Å²) in [5.74, 6) is 0.763. The van der Waals surface area contributed by atoms with Gasteiger partial charge in [-0.15, -0.1) is 0 Å². The first kappa shape index (κ1) is 21.9. The molecule has 2 N–H and O–H groups in total. The van der Waals surface area contributed by atoms with Crippen LogP contribution in [-0.2, 0) is 9.59 Å². The highest BCUT2D eigenvalue weighted by Gasteiger charge is 2.24. The number of anilines is 1. The van der Waals surface area contributed by atoms with Crippen LogP contribution in [0.3, 0.4) is 0 Å². The molecule has 0 aliphatic carbocycles. The molecule has 2 amide bonds. The summed E-state index contributed by atoms with van der Waals surface area (Å²) in [4.78, 5) is 29.6. The Morgan fingerprint density at radius 2 is 1.76 bits per heavy atom. The van der Waals surface area contributed by atoms with Crippen molar-refractivity contribution in [2.45, 2.75) is 27.7 Å². The van der Waals surface area contributed by atoms with Crippen molar-refractivity contribution in [3.8, 4) is 11.5 Å². The number of nitrogens with one attached hydrogen (secondary N) is 2. The van der Waals surface area contributed by atoms with E-state index in [2.05, 4.69) is 15.6 Å². The molecule has 0 saturated carbocycles. The van der Waals surface area contributed by atoms with Crippen molar-refractivity contribution >= 4 is 23.7 Å². The van der Waals surface area contributed by atoms with Crippen LogP contribution in [0.2, 0.25) is 0 Å². The van der Waals surface area contributed by atoms with E-state index in [0.29, 0.717) is 22.9 Å². The van der Waals surface area contributed by atoms with E-state index >= 15 is 0 Å². The molecule has 0 spiro atoms. The van der Waals surface area contributed by atoms with Crippen molar-refractivity contribution < 1.29 is 19.1 Å². The van der Waals surface area contributed by atoms with Crippen LogP contribution in [0.1, 0.15) is 31.9 Å². The van der Waals surface area contributed by atoms with Gasteiger partial charge in [0.1, 0.15) is 11.5 Å². The maximum absolute atomic E-state index is 12.9. The molecule has 1 aromatic heterocycles. The molecule has 0 atom stereocenters. The van der Waals surface area contributed by atoms with Crippen LogP contribution in [0.25, 0.3) is 6.08 Å². The second-order valence-corrected chi connectivity index (χ2v) is 7.50. The Kier molecular flexibility index (Phi) is 6.98. The van der Waals surface area contributed by atoms with Crippen LogP contribution in [0, 0.1) is 12.3 Å². The van der Waals surface area contributed by atoms with Crippen molar-refractivity contribution in [1.82, 2.24) is 10.3 Å². The topological polar surface area (TPSA) is 89.5 Å². The predicted octanol–water partition coefficient (Wildman–Crippen LogP) is 3.55. The van der Waals surface area contributed by atoms with Gasteiger partial charge in [0.2, 0.25) is 5.91 Å². The molecule has 0 fully saturated rings. The first-order valence-corrected chi connectivity index (χ1v) is 9.14. The van der Waals surface area contributed by atoms with Gasteiger partial charge >= 0.3 is 0 Å². The normalized spacial score (nSPS) is 11.6. The number of rotatable bonds is 6. The van der Waals surface area contributed by atoms with Crippen LogP contribution >= 0.6 is 0 Å². The van der Waals surface area contributed by atoms with E-state index in [0.717, 1.165) is 5.56 Å². The Balaban J connectivity index is 2.41. The standard InChI is InChI=1S/C22H27N3O4/c1-14-8-7-11-23-19(14)25-20(26)16(24-21(27)22(2,3)4)12-15-9-10-17(28-5)18(13-15)29-6/h7-13H,1-6H3,(H,24,27)(H,23,25,26)/b16-12+. The SMILES string of the molecule is COc1ccc(/C=C(/NC(=O)C(C)(C)C)C(=O)Nc2ncccc2C)cc1OC. The van der Waals surface area contributed by atoms with Gasteiger partial charge in [0.05, 0.1) is 14.2 Å². The molecule has 2 aromatic rings. The van der Waals surface area contributed by atoms with Crippen LogP contribution in [0.5, 0.6) is 11.5 Å². The van der Waals surface area contributed by atoms with E-state index < -0.39 is 11.3 Å². The number of ether oxygens (including phenoxy) is 2. The Labute approximate surface area is 171 Å². The molecular formula is C22H27N3O4. The highest BCUT2D eigenvalue weighted by Crippen LogP contribution is 2.28. The van der Waals surface area contributed by atoms with Gasteiger partial charge < -0.3 is 20.1 Å². The van der Waals surface area contributed by atoms with Crippen LogP contribution < -0.4 is 20.1 Å². The molecule has 1 aromatic carbocycles. The molecular weight excluding hydrogens is 370 g/mol. The number of benzene rings is 1. The number of pyridine rings is 1. The van der Waals surface area contributed by atoms with Gasteiger partial charge in [0, 0.05) is 11.6 Å². The smallest absolute Gasteiger partial charge is 0.273 e. The summed E-state index contributed by atoms with van der Waals surface area (Å²) < 4.78 is 10.6. The molecule has 29 heavy (non-hydrogen) atoms. The van der Waals surface area contributed by atoms with E-state index in [1.165, 1.54) is 7.11 Å². The zero-order valence-corrected chi connectivity index (χ0v) is 17.6. The lowest BCUT2D eigenvalue weighted by molar-refractivity contribution is -0.128. The summed E-state index contributed by atoms with van der Waals surface area (Å²) in [6.45, 7) is 7.17. The minimum atomic E-state index is -0.669. The third-order valence-electron chi connectivity index (χ3n) is 4.13. The number of aryl methyl sites for hydroxylation is 1. The maximum Gasteiger partial charge on any atom is 0.273 e. The second-order valence-electron chi connectivity index (χ2n) is 7.50. The number of methoxy groups -OCH3 is 2. The third kappa shape index (κ3) is 5.81. The van der Waals surface area contributed by atoms with Crippen LogP contribution in [-0.4, -0.2) is 31.0 Å². The third-order valence-corrected chi connectivity index (χ3v) is 4.13. The minimum absolute atomic E-state index is 0.0993. The zero-order valence-electron chi connectivity index (χ0n) is 17.6. The summed E-state index contributed by atoms with van der Waals surface area (Å²) in [6.07, 6.45) is 3.17. The van der Waals surface area contributed by atoms with Gasteiger partial charge in [-0.3, -0.25) is 9.59 Å². The number of carbonyl (C=O) groups is 2. The lowest BCUT2D eigenvalue weighted by Crippen LogP contribution is -2.38. The van der Waals surface area contributed by atoms with Gasteiger partial charge in [0.15, 0.2) is 11.5 Å². The molecule has 1 heterocycles. The number of carbonyl (C=O) groups excluding carboxylic acids is 2. The van der Waals surface area contributed by atoms with E-state index in [-0.39, 0.29) is 11.6 Å². The molecule has 0 bridgehead atoms. The Morgan fingerprint density at radius 3 is 2.34 bits per heavy atom. The zero-order chi connectivity index (χ0) is 21.6. The molecule has 0 saturated heterocycles. The van der Waals surface area contributed by atoms with Crippen LogP contribution in [0.15, 0.2) is 42.2 Å². The second kappa shape index (κ2) is 9.23. The van der Waals surface area contributed by atoms with E-state index in [9.17, 15) is 9.59 Å². The largest absolute Gasteiger partial charge is 0.493 e. The fourth-order valence-corrected chi connectivity index (χ4v) is 2.37. The maximum atomic E-state index is 12.9. The number of aromatic nitrogens is 1. The highest BCUT2D eigenvalue weighted by atomic mass is 16.5. The van der Waals surface area contributed by atoms with Crippen molar-refractivity contribution in [2.75, 3.05) is 19.5 Å². The summed E-state index contributed by atoms with van der Waals surface area (Å²) in [6, 6.07) is 8.85. The molecule has 0 unspecified atom stereocenters. The lowest BCUT2D eigenvalue weighted by Gasteiger charge is -2.19.